The fourth-order valence-corrected chi connectivity index (χ4v) is 2.16. The van der Waals surface area contributed by atoms with Gasteiger partial charge in [0.05, 0.1) is 18.9 Å². The van der Waals surface area contributed by atoms with E-state index >= 15 is 0 Å². The van der Waals surface area contributed by atoms with Crippen molar-refractivity contribution in [1.82, 2.24) is 4.98 Å². The highest BCUT2D eigenvalue weighted by Gasteiger charge is 2.37. The number of hydrogen-bond donors (Lipinski definition) is 2. The molecular formula is C14H14N2OS. The molecule has 0 atom stereocenters. The summed E-state index contributed by atoms with van der Waals surface area (Å²) < 4.78 is 5.18. The van der Waals surface area contributed by atoms with Gasteiger partial charge in [-0.25, -0.2) is 0 Å². The van der Waals surface area contributed by atoms with Crippen molar-refractivity contribution < 1.29 is 4.74 Å². The number of nitrogens with two attached hydrogens (primary N) is 1. The lowest BCUT2D eigenvalue weighted by molar-refractivity contribution is -0.0590. The molecule has 1 aliphatic heterocycles. The van der Waals surface area contributed by atoms with Gasteiger partial charge in [-0.3, -0.25) is 4.98 Å². The maximum absolute atomic E-state index is 6.20. The zero-order valence-electron chi connectivity index (χ0n) is 9.84. The van der Waals surface area contributed by atoms with Crippen molar-refractivity contribution in [2.45, 2.75) is 10.4 Å². The van der Waals surface area contributed by atoms with Crippen molar-refractivity contribution in [2.24, 2.45) is 5.73 Å². The summed E-state index contributed by atoms with van der Waals surface area (Å²) in [5.74, 6) is 0. The van der Waals surface area contributed by atoms with Gasteiger partial charge in [0.15, 0.2) is 0 Å². The molecule has 1 fully saturated rings. The van der Waals surface area contributed by atoms with Gasteiger partial charge in [0.1, 0.15) is 5.54 Å². The minimum atomic E-state index is -0.417. The second-order valence-corrected chi connectivity index (χ2v) is 5.14. The molecule has 0 saturated carbocycles. The Morgan fingerprint density at radius 1 is 1.11 bits per heavy atom. The summed E-state index contributed by atoms with van der Waals surface area (Å²) in [6.07, 6.45) is 1.80. The molecule has 0 amide bonds. The molecule has 0 unspecified atom stereocenters. The Labute approximate surface area is 111 Å². The number of rotatable bonds is 2. The van der Waals surface area contributed by atoms with Crippen molar-refractivity contribution in [2.75, 3.05) is 13.2 Å². The van der Waals surface area contributed by atoms with Crippen molar-refractivity contribution in [3.05, 3.63) is 48.3 Å². The molecule has 2 heterocycles. The fourth-order valence-electron chi connectivity index (χ4n) is 2.01. The molecule has 1 saturated heterocycles. The SMILES string of the molecule is NC1(c2cc(-c3ccc(S)cc3)ccn2)COC1. The largest absolute Gasteiger partial charge is 0.377 e. The van der Waals surface area contributed by atoms with Crippen LogP contribution in [0.4, 0.5) is 0 Å². The summed E-state index contributed by atoms with van der Waals surface area (Å²) in [5, 5.41) is 0. The first kappa shape index (κ1) is 11.7. The number of hydrogen-bond acceptors (Lipinski definition) is 4. The molecule has 0 spiro atoms. The molecule has 1 aliphatic rings. The van der Waals surface area contributed by atoms with Crippen molar-refractivity contribution in [3.63, 3.8) is 0 Å². The quantitative estimate of drug-likeness (QED) is 0.812. The molecule has 0 aliphatic carbocycles. The van der Waals surface area contributed by atoms with Crippen LogP contribution in [-0.2, 0) is 10.3 Å². The van der Waals surface area contributed by atoms with Crippen LogP contribution in [0.5, 0.6) is 0 Å². The first-order valence-electron chi connectivity index (χ1n) is 5.80. The van der Waals surface area contributed by atoms with Crippen LogP contribution in [0.25, 0.3) is 11.1 Å². The molecule has 1 aromatic carbocycles. The molecular weight excluding hydrogens is 244 g/mol. The van der Waals surface area contributed by atoms with Crippen molar-refractivity contribution in [1.29, 1.82) is 0 Å². The maximum atomic E-state index is 6.20. The van der Waals surface area contributed by atoms with Crippen molar-refractivity contribution in [3.8, 4) is 11.1 Å². The topological polar surface area (TPSA) is 48.1 Å². The smallest absolute Gasteiger partial charge is 0.106 e. The minimum absolute atomic E-state index is 0.417. The summed E-state index contributed by atoms with van der Waals surface area (Å²) in [5.41, 5.74) is 8.92. The van der Waals surface area contributed by atoms with Gasteiger partial charge in [-0.15, -0.1) is 12.6 Å². The molecule has 3 rings (SSSR count). The van der Waals surface area contributed by atoms with E-state index in [1.165, 1.54) is 0 Å². The second kappa shape index (κ2) is 4.39. The van der Waals surface area contributed by atoms with Crippen LogP contribution < -0.4 is 5.73 Å². The molecule has 2 aromatic rings. The first-order chi connectivity index (χ1) is 8.67. The number of aromatic nitrogens is 1. The van der Waals surface area contributed by atoms with E-state index in [9.17, 15) is 0 Å². The van der Waals surface area contributed by atoms with Crippen LogP contribution in [0, 0.1) is 0 Å². The highest BCUT2D eigenvalue weighted by molar-refractivity contribution is 7.80. The third-order valence-corrected chi connectivity index (χ3v) is 3.49. The molecule has 3 nitrogen and oxygen atoms in total. The highest BCUT2D eigenvalue weighted by Crippen LogP contribution is 2.28. The van der Waals surface area contributed by atoms with Gasteiger partial charge in [0, 0.05) is 11.1 Å². The summed E-state index contributed by atoms with van der Waals surface area (Å²) in [6, 6.07) is 12.1. The highest BCUT2D eigenvalue weighted by atomic mass is 32.1. The number of thiol groups is 1. The molecule has 2 N–H and O–H groups in total. The number of ether oxygens (including phenoxy) is 1. The lowest BCUT2D eigenvalue weighted by Crippen LogP contribution is -2.54. The van der Waals surface area contributed by atoms with E-state index in [1.807, 2.05) is 36.4 Å². The Hall–Kier alpha value is -1.36. The van der Waals surface area contributed by atoms with E-state index in [0.29, 0.717) is 13.2 Å². The van der Waals surface area contributed by atoms with E-state index in [0.717, 1.165) is 21.7 Å². The van der Waals surface area contributed by atoms with Crippen LogP contribution in [-0.4, -0.2) is 18.2 Å². The van der Waals surface area contributed by atoms with Gasteiger partial charge in [-0.05, 0) is 35.4 Å². The average molecular weight is 258 g/mol. The Morgan fingerprint density at radius 2 is 1.83 bits per heavy atom. The minimum Gasteiger partial charge on any atom is -0.377 e. The first-order valence-corrected chi connectivity index (χ1v) is 6.25. The summed E-state index contributed by atoms with van der Waals surface area (Å²) in [4.78, 5) is 5.31. The number of pyridine rings is 1. The van der Waals surface area contributed by atoms with E-state index in [1.54, 1.807) is 6.20 Å². The van der Waals surface area contributed by atoms with Crippen LogP contribution >= 0.6 is 12.6 Å². The predicted octanol–water partition coefficient (Wildman–Crippen LogP) is 2.22. The molecule has 0 bridgehead atoms. The Kier molecular flexibility index (Phi) is 2.86. The standard InChI is InChI=1S/C14H14N2OS/c15-14(8-17-9-14)13-7-11(5-6-16-13)10-1-3-12(18)4-2-10/h1-7,18H,8-9,15H2. The summed E-state index contributed by atoms with van der Waals surface area (Å²) >= 11 is 4.29. The van der Waals surface area contributed by atoms with Crippen molar-refractivity contribution >= 4 is 12.6 Å². The van der Waals surface area contributed by atoms with Crippen LogP contribution in [0.1, 0.15) is 5.69 Å². The summed E-state index contributed by atoms with van der Waals surface area (Å²) in [7, 11) is 0. The zero-order valence-corrected chi connectivity index (χ0v) is 10.7. The van der Waals surface area contributed by atoms with Gasteiger partial charge < -0.3 is 10.5 Å². The normalized spacial score (nSPS) is 17.2. The van der Waals surface area contributed by atoms with E-state index in [4.69, 9.17) is 10.5 Å². The third-order valence-electron chi connectivity index (χ3n) is 3.19. The van der Waals surface area contributed by atoms with E-state index in [2.05, 4.69) is 17.6 Å². The lowest BCUT2D eigenvalue weighted by Gasteiger charge is -2.37. The van der Waals surface area contributed by atoms with Gasteiger partial charge in [-0.1, -0.05) is 12.1 Å². The average Bonchev–Trinajstić information content (AvgIpc) is 2.37. The number of benzene rings is 1. The Balaban J connectivity index is 1.98. The lowest BCUT2D eigenvalue weighted by atomic mass is 9.92. The van der Waals surface area contributed by atoms with Crippen LogP contribution in [0.2, 0.25) is 0 Å². The van der Waals surface area contributed by atoms with Crippen LogP contribution in [0.15, 0.2) is 47.5 Å². The molecule has 92 valence electrons. The molecule has 0 radical (unpaired) electrons. The summed E-state index contributed by atoms with van der Waals surface area (Å²) in [6.45, 7) is 1.08. The van der Waals surface area contributed by atoms with Gasteiger partial charge in [0.25, 0.3) is 0 Å². The van der Waals surface area contributed by atoms with Crippen LogP contribution in [0.3, 0.4) is 0 Å². The van der Waals surface area contributed by atoms with Gasteiger partial charge >= 0.3 is 0 Å². The van der Waals surface area contributed by atoms with E-state index in [-0.39, 0.29) is 0 Å². The molecule has 18 heavy (non-hydrogen) atoms. The zero-order chi connectivity index (χ0) is 12.6. The molecule has 4 heteroatoms. The monoisotopic (exact) mass is 258 g/mol. The van der Waals surface area contributed by atoms with Gasteiger partial charge in [-0.2, -0.15) is 0 Å². The molecule has 1 aromatic heterocycles. The Bertz CT molecular complexity index is 564. The van der Waals surface area contributed by atoms with Gasteiger partial charge in [0.2, 0.25) is 0 Å². The third kappa shape index (κ3) is 2.03. The predicted molar refractivity (Wildman–Crippen MR) is 73.6 cm³/mol. The second-order valence-electron chi connectivity index (χ2n) is 4.63. The maximum Gasteiger partial charge on any atom is 0.106 e. The fraction of sp³-hybridized carbons (Fsp3) is 0.214. The number of nitrogens with zero attached hydrogens (tertiary/aromatic N) is 1. The van der Waals surface area contributed by atoms with E-state index < -0.39 is 5.54 Å². The Morgan fingerprint density at radius 3 is 2.44 bits per heavy atom.